The molecule has 0 aromatic carbocycles. The van der Waals surface area contributed by atoms with Crippen molar-refractivity contribution in [3.63, 3.8) is 0 Å². The van der Waals surface area contributed by atoms with Gasteiger partial charge in [-0.2, -0.15) is 0 Å². The standard InChI is InChI=1S/C13H21N/c1-3-4-13-8-5-11(2)9-14(13)10-12-6-7-12/h4-5,8,11-12H,3,6-7,9-10H2,1-2H3/t11-/m0/s1. The summed E-state index contributed by atoms with van der Waals surface area (Å²) < 4.78 is 0. The highest BCUT2D eigenvalue weighted by Gasteiger charge is 2.26. The van der Waals surface area contributed by atoms with Crippen LogP contribution in [-0.4, -0.2) is 18.0 Å². The lowest BCUT2D eigenvalue weighted by atomic mass is 10.0. The Morgan fingerprint density at radius 1 is 1.50 bits per heavy atom. The van der Waals surface area contributed by atoms with Crippen LogP contribution in [0, 0.1) is 11.8 Å². The van der Waals surface area contributed by atoms with Crippen molar-refractivity contribution in [2.45, 2.75) is 33.1 Å². The quantitative estimate of drug-likeness (QED) is 0.662. The second kappa shape index (κ2) is 4.20. The van der Waals surface area contributed by atoms with Crippen LogP contribution < -0.4 is 0 Å². The molecule has 0 aromatic rings. The van der Waals surface area contributed by atoms with E-state index < -0.39 is 0 Å². The molecule has 1 atom stereocenters. The minimum absolute atomic E-state index is 0.725. The molecule has 0 saturated heterocycles. The highest BCUT2D eigenvalue weighted by Crippen LogP contribution is 2.32. The second-order valence-electron chi connectivity index (χ2n) is 4.72. The Morgan fingerprint density at radius 2 is 2.29 bits per heavy atom. The highest BCUT2D eigenvalue weighted by atomic mass is 15.1. The van der Waals surface area contributed by atoms with E-state index in [2.05, 4.69) is 37.0 Å². The molecule has 0 spiro atoms. The maximum atomic E-state index is 2.58. The third-order valence-corrected chi connectivity index (χ3v) is 3.06. The molecule has 0 unspecified atom stereocenters. The smallest absolute Gasteiger partial charge is 0.0322 e. The molecule has 0 radical (unpaired) electrons. The Morgan fingerprint density at radius 3 is 2.93 bits per heavy atom. The zero-order valence-corrected chi connectivity index (χ0v) is 9.37. The van der Waals surface area contributed by atoms with Crippen molar-refractivity contribution in [1.82, 2.24) is 4.90 Å². The summed E-state index contributed by atoms with van der Waals surface area (Å²) in [6.07, 6.45) is 11.0. The van der Waals surface area contributed by atoms with E-state index in [4.69, 9.17) is 0 Å². The molecule has 1 heterocycles. The Balaban J connectivity index is 2.02. The van der Waals surface area contributed by atoms with Crippen LogP contribution >= 0.6 is 0 Å². The first-order valence-electron chi connectivity index (χ1n) is 5.93. The Bertz CT molecular complexity index is 248. The average Bonchev–Trinajstić information content (AvgIpc) is 2.94. The van der Waals surface area contributed by atoms with Crippen LogP contribution in [0.2, 0.25) is 0 Å². The van der Waals surface area contributed by atoms with Gasteiger partial charge in [0.25, 0.3) is 0 Å². The molecule has 14 heavy (non-hydrogen) atoms. The van der Waals surface area contributed by atoms with Gasteiger partial charge in [0.15, 0.2) is 0 Å². The summed E-state index contributed by atoms with van der Waals surface area (Å²) in [6.45, 7) is 7.03. The molecule has 1 aliphatic carbocycles. The largest absolute Gasteiger partial charge is 0.371 e. The summed E-state index contributed by atoms with van der Waals surface area (Å²) >= 11 is 0. The molecule has 1 nitrogen and oxygen atoms in total. The maximum Gasteiger partial charge on any atom is 0.0322 e. The van der Waals surface area contributed by atoms with E-state index in [1.165, 1.54) is 31.6 Å². The van der Waals surface area contributed by atoms with Crippen molar-refractivity contribution in [2.75, 3.05) is 13.1 Å². The molecule has 78 valence electrons. The summed E-state index contributed by atoms with van der Waals surface area (Å²) in [5.74, 6) is 1.72. The predicted molar refractivity (Wildman–Crippen MR) is 61.0 cm³/mol. The first-order chi connectivity index (χ1) is 6.79. The molecule has 1 aliphatic heterocycles. The van der Waals surface area contributed by atoms with Crippen LogP contribution in [0.5, 0.6) is 0 Å². The molecule has 1 fully saturated rings. The van der Waals surface area contributed by atoms with Crippen molar-refractivity contribution in [1.29, 1.82) is 0 Å². The number of allylic oxidation sites excluding steroid dienone is 2. The zero-order chi connectivity index (χ0) is 9.97. The van der Waals surface area contributed by atoms with Gasteiger partial charge in [-0.05, 0) is 37.2 Å². The van der Waals surface area contributed by atoms with Crippen molar-refractivity contribution >= 4 is 0 Å². The van der Waals surface area contributed by atoms with E-state index in [0.29, 0.717) is 0 Å². The summed E-state index contributed by atoms with van der Waals surface area (Å²) in [4.78, 5) is 2.58. The van der Waals surface area contributed by atoms with E-state index in [0.717, 1.165) is 18.3 Å². The minimum atomic E-state index is 0.725. The SMILES string of the molecule is CCC=C1C=C[C@H](C)CN1CC1CC1. The second-order valence-corrected chi connectivity index (χ2v) is 4.72. The van der Waals surface area contributed by atoms with Gasteiger partial charge in [0.05, 0.1) is 0 Å². The van der Waals surface area contributed by atoms with Gasteiger partial charge in [-0.15, -0.1) is 0 Å². The summed E-state index contributed by atoms with van der Waals surface area (Å²) in [5.41, 5.74) is 1.46. The number of nitrogens with zero attached hydrogens (tertiary/aromatic N) is 1. The molecule has 1 saturated carbocycles. The van der Waals surface area contributed by atoms with Gasteiger partial charge < -0.3 is 4.90 Å². The van der Waals surface area contributed by atoms with Crippen LogP contribution in [0.4, 0.5) is 0 Å². The molecule has 0 amide bonds. The lowest BCUT2D eigenvalue weighted by Gasteiger charge is -2.31. The van der Waals surface area contributed by atoms with E-state index in [-0.39, 0.29) is 0 Å². The highest BCUT2D eigenvalue weighted by molar-refractivity contribution is 5.22. The molecular weight excluding hydrogens is 170 g/mol. The van der Waals surface area contributed by atoms with Gasteiger partial charge in [0, 0.05) is 18.8 Å². The first kappa shape index (κ1) is 9.82. The first-order valence-corrected chi connectivity index (χ1v) is 5.93. The van der Waals surface area contributed by atoms with Gasteiger partial charge >= 0.3 is 0 Å². The molecule has 0 N–H and O–H groups in total. The normalized spacial score (nSPS) is 30.0. The van der Waals surface area contributed by atoms with Crippen LogP contribution in [0.25, 0.3) is 0 Å². The van der Waals surface area contributed by atoms with E-state index in [9.17, 15) is 0 Å². The molecule has 1 heteroatoms. The van der Waals surface area contributed by atoms with Gasteiger partial charge in [-0.3, -0.25) is 0 Å². The number of hydrogen-bond acceptors (Lipinski definition) is 1. The molecule has 0 bridgehead atoms. The number of hydrogen-bond donors (Lipinski definition) is 0. The minimum Gasteiger partial charge on any atom is -0.371 e. The summed E-state index contributed by atoms with van der Waals surface area (Å²) in [5, 5.41) is 0. The lowest BCUT2D eigenvalue weighted by Crippen LogP contribution is -2.31. The van der Waals surface area contributed by atoms with Gasteiger partial charge in [0.2, 0.25) is 0 Å². The van der Waals surface area contributed by atoms with E-state index in [1.807, 2.05) is 0 Å². The van der Waals surface area contributed by atoms with Crippen molar-refractivity contribution in [3.05, 3.63) is 23.9 Å². The van der Waals surface area contributed by atoms with Crippen molar-refractivity contribution in [3.8, 4) is 0 Å². The predicted octanol–water partition coefficient (Wildman–Crippen LogP) is 3.20. The number of rotatable bonds is 3. The molecular formula is C13H21N. The third kappa shape index (κ3) is 2.40. The lowest BCUT2D eigenvalue weighted by molar-refractivity contribution is 0.302. The van der Waals surface area contributed by atoms with E-state index >= 15 is 0 Å². The van der Waals surface area contributed by atoms with Gasteiger partial charge in [-0.1, -0.05) is 26.0 Å². The summed E-state index contributed by atoms with van der Waals surface area (Å²) in [7, 11) is 0. The van der Waals surface area contributed by atoms with Crippen LogP contribution in [-0.2, 0) is 0 Å². The Kier molecular flexibility index (Phi) is 2.95. The van der Waals surface area contributed by atoms with Gasteiger partial charge in [0.1, 0.15) is 0 Å². The summed E-state index contributed by atoms with van der Waals surface area (Å²) in [6, 6.07) is 0. The van der Waals surface area contributed by atoms with Crippen molar-refractivity contribution < 1.29 is 0 Å². The Labute approximate surface area is 87.5 Å². The topological polar surface area (TPSA) is 3.24 Å². The third-order valence-electron chi connectivity index (χ3n) is 3.06. The molecule has 2 aliphatic rings. The Hall–Kier alpha value is -0.720. The van der Waals surface area contributed by atoms with Crippen LogP contribution in [0.3, 0.4) is 0 Å². The fraction of sp³-hybridized carbons (Fsp3) is 0.692. The fourth-order valence-electron chi connectivity index (χ4n) is 2.08. The maximum absolute atomic E-state index is 2.58. The van der Waals surface area contributed by atoms with Gasteiger partial charge in [-0.25, -0.2) is 0 Å². The zero-order valence-electron chi connectivity index (χ0n) is 9.37. The average molecular weight is 191 g/mol. The van der Waals surface area contributed by atoms with Crippen LogP contribution in [0.1, 0.15) is 33.1 Å². The van der Waals surface area contributed by atoms with Crippen LogP contribution in [0.15, 0.2) is 23.9 Å². The van der Waals surface area contributed by atoms with E-state index in [1.54, 1.807) is 0 Å². The van der Waals surface area contributed by atoms with Crippen molar-refractivity contribution in [2.24, 2.45) is 11.8 Å². The molecule has 0 aromatic heterocycles. The monoisotopic (exact) mass is 191 g/mol. The molecule has 2 rings (SSSR count). The fourth-order valence-corrected chi connectivity index (χ4v) is 2.08.